The van der Waals surface area contributed by atoms with Crippen molar-refractivity contribution >= 4 is 25.3 Å². The molecule has 1 unspecified atom stereocenters. The van der Waals surface area contributed by atoms with Gasteiger partial charge in [-0.15, -0.1) is 0 Å². The first-order valence-corrected chi connectivity index (χ1v) is 13.7. The standard InChI is InChI=1S/C24H33NO4Si/c1-24(2,3)29-23(27)25-21(22(26)28-4)16-17-8-10-18(11-9-17)19-12-14-20(15-13-19)30(5,6)7/h8-15,21H,16H2,1-7H3,(H,25,27). The number of benzene rings is 2. The normalized spacial score (nSPS) is 12.8. The number of alkyl carbamates (subject to hydrolysis) is 1. The van der Waals surface area contributed by atoms with Gasteiger partial charge in [0.2, 0.25) is 0 Å². The number of rotatable bonds is 6. The molecule has 0 aliphatic heterocycles. The van der Waals surface area contributed by atoms with Crippen LogP contribution in [0.3, 0.4) is 0 Å². The van der Waals surface area contributed by atoms with E-state index in [9.17, 15) is 9.59 Å². The molecule has 6 heteroatoms. The van der Waals surface area contributed by atoms with E-state index >= 15 is 0 Å². The minimum absolute atomic E-state index is 0.320. The molecule has 2 rings (SSSR count). The molecule has 0 heterocycles. The maximum atomic E-state index is 12.1. The average molecular weight is 428 g/mol. The van der Waals surface area contributed by atoms with E-state index in [1.807, 2.05) is 24.3 Å². The maximum absolute atomic E-state index is 12.1. The predicted molar refractivity (Wildman–Crippen MR) is 124 cm³/mol. The van der Waals surface area contributed by atoms with Crippen LogP contribution >= 0.6 is 0 Å². The second-order valence-corrected chi connectivity index (χ2v) is 14.5. The van der Waals surface area contributed by atoms with Crippen molar-refractivity contribution < 1.29 is 19.1 Å². The van der Waals surface area contributed by atoms with Gasteiger partial charge in [0.25, 0.3) is 0 Å². The molecule has 0 aliphatic carbocycles. The first kappa shape index (κ1) is 23.7. The molecule has 0 saturated carbocycles. The summed E-state index contributed by atoms with van der Waals surface area (Å²) in [6, 6.07) is 15.9. The van der Waals surface area contributed by atoms with Crippen molar-refractivity contribution in [3.8, 4) is 11.1 Å². The van der Waals surface area contributed by atoms with Crippen LogP contribution in [0.25, 0.3) is 11.1 Å². The fourth-order valence-corrected chi connectivity index (χ4v) is 4.18. The van der Waals surface area contributed by atoms with Crippen LogP contribution in [0.15, 0.2) is 48.5 Å². The molecule has 1 N–H and O–H groups in total. The van der Waals surface area contributed by atoms with Gasteiger partial charge in [0, 0.05) is 6.42 Å². The lowest BCUT2D eigenvalue weighted by molar-refractivity contribution is -0.143. The fraction of sp³-hybridized carbons (Fsp3) is 0.417. The Hall–Kier alpha value is -2.60. The van der Waals surface area contributed by atoms with Gasteiger partial charge in [-0.1, -0.05) is 73.4 Å². The van der Waals surface area contributed by atoms with Gasteiger partial charge in [0.05, 0.1) is 15.2 Å². The van der Waals surface area contributed by atoms with Crippen LogP contribution in [0.5, 0.6) is 0 Å². The number of hydrogen-bond acceptors (Lipinski definition) is 4. The summed E-state index contributed by atoms with van der Waals surface area (Å²) >= 11 is 0. The topological polar surface area (TPSA) is 64.6 Å². The van der Waals surface area contributed by atoms with Crippen molar-refractivity contribution in [2.24, 2.45) is 0 Å². The molecule has 0 radical (unpaired) electrons. The molecule has 30 heavy (non-hydrogen) atoms. The highest BCUT2D eigenvalue weighted by atomic mass is 28.3. The average Bonchev–Trinajstić information content (AvgIpc) is 2.65. The highest BCUT2D eigenvalue weighted by Crippen LogP contribution is 2.20. The summed E-state index contributed by atoms with van der Waals surface area (Å²) in [5, 5.41) is 4.04. The molecular formula is C24H33NO4Si. The Kier molecular flexibility index (Phi) is 7.47. The number of nitrogens with one attached hydrogen (secondary N) is 1. The van der Waals surface area contributed by atoms with Gasteiger partial charge in [-0.05, 0) is 37.5 Å². The summed E-state index contributed by atoms with van der Waals surface area (Å²) in [4.78, 5) is 24.2. The molecule has 162 valence electrons. The van der Waals surface area contributed by atoms with E-state index in [1.165, 1.54) is 12.3 Å². The van der Waals surface area contributed by atoms with Gasteiger partial charge >= 0.3 is 12.1 Å². The predicted octanol–water partition coefficient (Wildman–Crippen LogP) is 4.51. The van der Waals surface area contributed by atoms with Crippen LogP contribution in [0.4, 0.5) is 4.79 Å². The van der Waals surface area contributed by atoms with Crippen molar-refractivity contribution in [2.75, 3.05) is 7.11 Å². The zero-order valence-electron chi connectivity index (χ0n) is 19.0. The lowest BCUT2D eigenvalue weighted by atomic mass is 10.0. The summed E-state index contributed by atoms with van der Waals surface area (Å²) in [6.45, 7) is 12.3. The lowest BCUT2D eigenvalue weighted by Crippen LogP contribution is -2.45. The second kappa shape index (κ2) is 9.47. The number of esters is 1. The summed E-state index contributed by atoms with van der Waals surface area (Å²) < 4.78 is 10.1. The molecule has 1 atom stereocenters. The molecule has 5 nitrogen and oxygen atoms in total. The third-order valence-electron chi connectivity index (χ3n) is 4.65. The molecule has 0 bridgehead atoms. The first-order valence-electron chi connectivity index (χ1n) is 10.2. The summed E-state index contributed by atoms with van der Waals surface area (Å²) in [6.07, 6.45) is -0.321. The summed E-state index contributed by atoms with van der Waals surface area (Å²) in [7, 11) is -0.0114. The number of carbonyl (C=O) groups is 2. The van der Waals surface area contributed by atoms with Crippen molar-refractivity contribution in [3.05, 3.63) is 54.1 Å². The highest BCUT2D eigenvalue weighted by molar-refractivity contribution is 6.88. The Balaban J connectivity index is 2.11. The maximum Gasteiger partial charge on any atom is 0.408 e. The van der Waals surface area contributed by atoms with E-state index in [0.717, 1.165) is 16.7 Å². The fourth-order valence-electron chi connectivity index (χ4n) is 3.02. The van der Waals surface area contributed by atoms with Gasteiger partial charge < -0.3 is 14.8 Å². The number of ether oxygens (including phenoxy) is 2. The Morgan fingerprint density at radius 3 is 1.87 bits per heavy atom. The minimum atomic E-state index is -1.32. The van der Waals surface area contributed by atoms with Crippen molar-refractivity contribution in [1.82, 2.24) is 5.32 Å². The Labute approximate surface area is 180 Å². The number of hydrogen-bond donors (Lipinski definition) is 1. The van der Waals surface area contributed by atoms with Gasteiger partial charge in [0.1, 0.15) is 11.6 Å². The van der Waals surface area contributed by atoms with E-state index in [4.69, 9.17) is 9.47 Å². The van der Waals surface area contributed by atoms with Gasteiger partial charge in [-0.3, -0.25) is 0 Å². The van der Waals surface area contributed by atoms with Crippen LogP contribution in [0.1, 0.15) is 26.3 Å². The molecule has 0 fully saturated rings. The highest BCUT2D eigenvalue weighted by Gasteiger charge is 2.25. The number of methoxy groups -OCH3 is 1. The largest absolute Gasteiger partial charge is 0.467 e. The van der Waals surface area contributed by atoms with E-state index in [-0.39, 0.29) is 0 Å². The van der Waals surface area contributed by atoms with E-state index in [1.54, 1.807) is 20.8 Å². The Morgan fingerprint density at radius 1 is 0.933 bits per heavy atom. The SMILES string of the molecule is COC(=O)C(Cc1ccc(-c2ccc([Si](C)(C)C)cc2)cc1)NC(=O)OC(C)(C)C. The molecule has 1 amide bonds. The van der Waals surface area contributed by atoms with Gasteiger partial charge in [-0.2, -0.15) is 0 Å². The van der Waals surface area contributed by atoms with Crippen molar-refractivity contribution in [3.63, 3.8) is 0 Å². The molecule has 0 aliphatic rings. The zero-order valence-corrected chi connectivity index (χ0v) is 20.0. The summed E-state index contributed by atoms with van der Waals surface area (Å²) in [5.74, 6) is -0.508. The van der Waals surface area contributed by atoms with E-state index in [0.29, 0.717) is 6.42 Å². The molecule has 0 saturated heterocycles. The quantitative estimate of drug-likeness (QED) is 0.544. The third-order valence-corrected chi connectivity index (χ3v) is 6.72. The molecule has 2 aromatic rings. The molecule has 0 spiro atoms. The Morgan fingerprint density at radius 2 is 1.43 bits per heavy atom. The van der Waals surface area contributed by atoms with Gasteiger partial charge in [-0.25, -0.2) is 9.59 Å². The molecule has 2 aromatic carbocycles. The first-order chi connectivity index (χ1) is 13.9. The van der Waals surface area contributed by atoms with Gasteiger partial charge in [0.15, 0.2) is 0 Å². The lowest BCUT2D eigenvalue weighted by Gasteiger charge is -2.22. The third kappa shape index (κ3) is 7.02. The number of amides is 1. The molecule has 0 aromatic heterocycles. The van der Waals surface area contributed by atoms with Crippen molar-refractivity contribution in [2.45, 2.75) is 58.5 Å². The number of carbonyl (C=O) groups excluding carboxylic acids is 2. The zero-order chi connectivity index (χ0) is 22.5. The van der Waals surface area contributed by atoms with Crippen LogP contribution in [0.2, 0.25) is 19.6 Å². The van der Waals surface area contributed by atoms with Crippen molar-refractivity contribution in [1.29, 1.82) is 0 Å². The Bertz CT molecular complexity index is 862. The summed E-state index contributed by atoms with van der Waals surface area (Å²) in [5.41, 5.74) is 2.54. The molecular weight excluding hydrogens is 394 g/mol. The monoisotopic (exact) mass is 427 g/mol. The second-order valence-electron chi connectivity index (χ2n) is 9.45. The minimum Gasteiger partial charge on any atom is -0.467 e. The van der Waals surface area contributed by atoms with Crippen LogP contribution in [-0.4, -0.2) is 38.9 Å². The van der Waals surface area contributed by atoms with E-state index < -0.39 is 31.8 Å². The smallest absolute Gasteiger partial charge is 0.408 e. The van der Waals surface area contributed by atoms with Crippen LogP contribution < -0.4 is 10.5 Å². The van der Waals surface area contributed by atoms with E-state index in [2.05, 4.69) is 49.2 Å². The van der Waals surface area contributed by atoms with Crippen LogP contribution in [0, 0.1) is 0 Å². The van der Waals surface area contributed by atoms with Crippen LogP contribution in [-0.2, 0) is 20.7 Å².